The zero-order valence-electron chi connectivity index (χ0n) is 70.5. The zero-order valence-corrected chi connectivity index (χ0v) is 72.2. The monoisotopic (exact) mass is 1560 g/mol. The van der Waals surface area contributed by atoms with E-state index in [1.807, 2.05) is 0 Å². The van der Waals surface area contributed by atoms with Gasteiger partial charge < -0.3 is 33.8 Å². The number of aliphatic hydroxyl groups excluding tert-OH is 1. The molecule has 17 nitrogen and oxygen atoms in total. The number of hydrogen-bond donors (Lipinski definition) is 3. The highest BCUT2D eigenvalue weighted by Crippen LogP contribution is 2.45. The van der Waals surface area contributed by atoms with Crippen LogP contribution in [-0.2, 0) is 65.4 Å². The number of phosphoric ester groups is 2. The first-order valence-corrected chi connectivity index (χ1v) is 48.6. The van der Waals surface area contributed by atoms with Gasteiger partial charge in [0, 0.05) is 25.7 Å². The van der Waals surface area contributed by atoms with Crippen molar-refractivity contribution in [3.05, 3.63) is 0 Å². The predicted octanol–water partition coefficient (Wildman–Crippen LogP) is 27.0. The van der Waals surface area contributed by atoms with Gasteiger partial charge in [0.1, 0.15) is 19.3 Å². The maximum absolute atomic E-state index is 13.2. The van der Waals surface area contributed by atoms with Gasteiger partial charge in [-0.3, -0.25) is 37.3 Å². The van der Waals surface area contributed by atoms with Gasteiger partial charge in [-0.1, -0.05) is 420 Å². The fourth-order valence-electron chi connectivity index (χ4n) is 13.7. The number of hydrogen-bond acceptors (Lipinski definition) is 15. The van der Waals surface area contributed by atoms with Crippen LogP contribution in [0, 0.1) is 11.8 Å². The maximum Gasteiger partial charge on any atom is 0.472 e. The molecule has 0 fully saturated rings. The van der Waals surface area contributed by atoms with Crippen molar-refractivity contribution in [1.29, 1.82) is 0 Å². The Balaban J connectivity index is 5.22. The summed E-state index contributed by atoms with van der Waals surface area (Å²) in [7, 11) is -9.93. The van der Waals surface area contributed by atoms with Crippen molar-refractivity contribution >= 4 is 39.5 Å². The molecule has 0 heterocycles. The first kappa shape index (κ1) is 105. The molecule has 0 rings (SSSR count). The number of phosphoric acid groups is 2. The summed E-state index contributed by atoms with van der Waals surface area (Å²) in [5.41, 5.74) is 0. The summed E-state index contributed by atoms with van der Waals surface area (Å²) < 4.78 is 69.0. The minimum atomic E-state index is -4.97. The van der Waals surface area contributed by atoms with Crippen LogP contribution in [0.5, 0.6) is 0 Å². The molecule has 0 saturated carbocycles. The Morgan fingerprint density at radius 2 is 0.449 bits per heavy atom. The van der Waals surface area contributed by atoms with E-state index in [0.717, 1.165) is 108 Å². The molecule has 0 amide bonds. The number of carbonyl (C=O) groups is 4. The molecule has 7 atom stereocenters. The van der Waals surface area contributed by atoms with Crippen LogP contribution in [0.2, 0.25) is 0 Å². The summed E-state index contributed by atoms with van der Waals surface area (Å²) in [4.78, 5) is 73.3. The van der Waals surface area contributed by atoms with Gasteiger partial charge in [0.2, 0.25) is 0 Å². The molecular weight excluding hydrogens is 1390 g/mol. The van der Waals surface area contributed by atoms with E-state index in [0.29, 0.717) is 25.7 Å². The number of esters is 4. The molecule has 0 aliphatic heterocycles. The Hall–Kier alpha value is -1.94. The summed E-state index contributed by atoms with van der Waals surface area (Å²) in [6.45, 7) is 9.70. The molecule has 3 N–H and O–H groups in total. The fraction of sp³-hybridized carbons (Fsp3) is 0.955. The molecule has 0 aliphatic carbocycles. The molecule has 636 valence electrons. The van der Waals surface area contributed by atoms with Crippen molar-refractivity contribution in [3.8, 4) is 0 Å². The summed E-state index contributed by atoms with van der Waals surface area (Å²) >= 11 is 0. The number of ether oxygens (including phenoxy) is 4. The average molecular weight is 1560 g/mol. The van der Waals surface area contributed by atoms with Crippen LogP contribution in [0.25, 0.3) is 0 Å². The van der Waals surface area contributed by atoms with Crippen molar-refractivity contribution in [3.63, 3.8) is 0 Å². The van der Waals surface area contributed by atoms with Crippen LogP contribution >= 0.6 is 15.6 Å². The quantitative estimate of drug-likeness (QED) is 0.0222. The number of carbonyl (C=O) groups excluding carboxylic acids is 4. The predicted molar refractivity (Wildman–Crippen MR) is 442 cm³/mol. The summed E-state index contributed by atoms with van der Waals surface area (Å²) in [5.74, 6) is -0.521. The first-order chi connectivity index (χ1) is 51.9. The largest absolute Gasteiger partial charge is 0.472 e. The van der Waals surface area contributed by atoms with E-state index < -0.39 is 97.5 Å². The normalized spacial score (nSPS) is 14.3. The molecule has 4 unspecified atom stereocenters. The molecule has 0 bridgehead atoms. The Morgan fingerprint density at radius 1 is 0.262 bits per heavy atom. The van der Waals surface area contributed by atoms with Crippen LogP contribution < -0.4 is 0 Å². The third-order valence-corrected chi connectivity index (χ3v) is 23.3. The van der Waals surface area contributed by atoms with Gasteiger partial charge in [-0.05, 0) is 37.5 Å². The van der Waals surface area contributed by atoms with Crippen molar-refractivity contribution < 1.29 is 80.2 Å². The molecule has 0 aromatic heterocycles. The Morgan fingerprint density at radius 3 is 0.664 bits per heavy atom. The average Bonchev–Trinajstić information content (AvgIpc) is 0.899. The second-order valence-electron chi connectivity index (χ2n) is 32.1. The summed E-state index contributed by atoms with van der Waals surface area (Å²) in [5, 5.41) is 10.7. The zero-order chi connectivity index (χ0) is 78.5. The third kappa shape index (κ3) is 79.1. The minimum Gasteiger partial charge on any atom is -0.462 e. The molecule has 0 aromatic rings. The Bertz CT molecular complexity index is 2050. The van der Waals surface area contributed by atoms with Crippen LogP contribution in [0.3, 0.4) is 0 Å². The molecular formula is C88H172O17P2. The van der Waals surface area contributed by atoms with E-state index in [1.165, 1.54) is 283 Å². The van der Waals surface area contributed by atoms with Crippen LogP contribution in [-0.4, -0.2) is 96.7 Å². The summed E-state index contributed by atoms with van der Waals surface area (Å²) in [6.07, 6.45) is 72.3. The SMILES string of the molecule is CCCCCCCCCCCCCCCCCCCCCCCCC(=O)O[C@H](COC(=O)CCCCCCCCCCCCCCCCC(C)CC)COP(=O)(O)OC[C@@H](O)COP(=O)(O)OC[C@@H](COC(=O)CCCCCCCCC(C)CC)OC(=O)CCCCCCCCCCCCCCCCCCC. The summed E-state index contributed by atoms with van der Waals surface area (Å²) in [6, 6.07) is 0. The smallest absolute Gasteiger partial charge is 0.462 e. The first-order valence-electron chi connectivity index (χ1n) is 45.6. The molecule has 0 aliphatic rings. The van der Waals surface area contributed by atoms with Gasteiger partial charge >= 0.3 is 39.5 Å². The third-order valence-electron chi connectivity index (χ3n) is 21.4. The van der Waals surface area contributed by atoms with Gasteiger partial charge in [0.25, 0.3) is 0 Å². The van der Waals surface area contributed by atoms with Crippen LogP contribution in [0.1, 0.15) is 472 Å². The lowest BCUT2D eigenvalue weighted by Crippen LogP contribution is -2.30. The highest BCUT2D eigenvalue weighted by molar-refractivity contribution is 7.47. The molecule has 0 spiro atoms. The number of unbranched alkanes of at least 4 members (excludes halogenated alkanes) is 55. The van der Waals surface area contributed by atoms with E-state index in [4.69, 9.17) is 37.0 Å². The number of aliphatic hydroxyl groups is 1. The fourth-order valence-corrected chi connectivity index (χ4v) is 15.3. The van der Waals surface area contributed by atoms with E-state index in [1.54, 1.807) is 0 Å². The topological polar surface area (TPSA) is 237 Å². The molecule has 19 heteroatoms. The van der Waals surface area contributed by atoms with Gasteiger partial charge in [-0.25, -0.2) is 9.13 Å². The van der Waals surface area contributed by atoms with Crippen molar-refractivity contribution in [2.24, 2.45) is 11.8 Å². The number of rotatable bonds is 87. The lowest BCUT2D eigenvalue weighted by atomic mass is 9.99. The molecule has 0 radical (unpaired) electrons. The van der Waals surface area contributed by atoms with Crippen molar-refractivity contribution in [2.75, 3.05) is 39.6 Å². The Labute approximate surface area is 658 Å². The Kier molecular flexibility index (Phi) is 77.9. The van der Waals surface area contributed by atoms with Crippen LogP contribution in [0.4, 0.5) is 0 Å². The van der Waals surface area contributed by atoms with E-state index in [9.17, 15) is 43.2 Å². The van der Waals surface area contributed by atoms with Crippen molar-refractivity contribution in [1.82, 2.24) is 0 Å². The second-order valence-corrected chi connectivity index (χ2v) is 35.0. The van der Waals surface area contributed by atoms with E-state index in [-0.39, 0.29) is 25.7 Å². The van der Waals surface area contributed by atoms with Gasteiger partial charge in [-0.2, -0.15) is 0 Å². The molecule has 107 heavy (non-hydrogen) atoms. The lowest BCUT2D eigenvalue weighted by Gasteiger charge is -2.21. The molecule has 0 saturated heterocycles. The van der Waals surface area contributed by atoms with Gasteiger partial charge in [0.05, 0.1) is 26.4 Å². The maximum atomic E-state index is 13.2. The second kappa shape index (κ2) is 79.3. The van der Waals surface area contributed by atoms with E-state index >= 15 is 0 Å². The highest BCUT2D eigenvalue weighted by atomic mass is 31.2. The lowest BCUT2D eigenvalue weighted by molar-refractivity contribution is -0.161. The van der Waals surface area contributed by atoms with Gasteiger partial charge in [0.15, 0.2) is 12.2 Å². The van der Waals surface area contributed by atoms with Gasteiger partial charge in [-0.15, -0.1) is 0 Å². The van der Waals surface area contributed by atoms with Crippen LogP contribution in [0.15, 0.2) is 0 Å². The molecule has 0 aromatic carbocycles. The van der Waals surface area contributed by atoms with E-state index in [2.05, 4.69) is 41.5 Å². The standard InChI is InChI=1S/C88H172O17P2/c1-7-11-13-15-17-19-21-23-25-27-28-29-30-31-33-35-41-45-49-53-61-66-72-87(92)104-83(76-98-85(90)70-64-58-51-47-43-39-37-36-38-42-46-50-56-62-68-80(5)9-3)78-102-106(94,95)100-74-82(89)75-101-107(96,97)103-79-84(77-99-86(91)71-65-59-55-54-57-63-69-81(6)10-4)105-88(93)73-67-60-52-48-44-40-34-32-26-24-22-20-18-16-14-12-8-2/h80-84,89H,7-79H2,1-6H3,(H,94,95)(H,96,97)/t80?,81?,82-,83-,84-/m1/s1. The van der Waals surface area contributed by atoms with Crippen molar-refractivity contribution in [2.45, 2.75) is 490 Å². The highest BCUT2D eigenvalue weighted by Gasteiger charge is 2.31. The minimum absolute atomic E-state index is 0.108.